The molecule has 6 aromatic heterocycles. The molecule has 0 aliphatic carbocycles. The van der Waals surface area contributed by atoms with Gasteiger partial charge in [0.1, 0.15) is 11.4 Å². The minimum atomic E-state index is 0.441. The highest BCUT2D eigenvalue weighted by Crippen LogP contribution is 2.27. The zero-order valence-electron chi connectivity index (χ0n) is 22.3. The van der Waals surface area contributed by atoms with Crippen LogP contribution in [0.3, 0.4) is 0 Å². The largest absolute Gasteiger partial charge is 0.265 e. The van der Waals surface area contributed by atoms with Crippen LogP contribution in [-0.2, 0) is 0 Å². The summed E-state index contributed by atoms with van der Waals surface area (Å²) in [4.78, 5) is 37.3. The Balaban J connectivity index is 1.35. The highest BCUT2D eigenvalue weighted by atomic mass is 15.1. The van der Waals surface area contributed by atoms with Crippen molar-refractivity contribution in [2.24, 2.45) is 0 Å². The van der Waals surface area contributed by atoms with E-state index in [9.17, 15) is 0 Å². The van der Waals surface area contributed by atoms with Crippen LogP contribution >= 0.6 is 0 Å². The summed E-state index contributed by atoms with van der Waals surface area (Å²) in [6, 6.07) is 35.0. The highest BCUT2D eigenvalue weighted by Gasteiger charge is 2.16. The fourth-order valence-corrected chi connectivity index (χ4v) is 4.52. The van der Waals surface area contributed by atoms with Crippen molar-refractivity contribution in [3.63, 3.8) is 0 Å². The Labute approximate surface area is 242 Å². The summed E-state index contributed by atoms with van der Waals surface area (Å²) < 4.78 is 0. The molecule has 0 unspecified atom stereocenters. The van der Waals surface area contributed by atoms with Crippen LogP contribution in [-0.4, -0.2) is 39.9 Å². The Bertz CT molecular complexity index is 1860. The van der Waals surface area contributed by atoms with E-state index < -0.39 is 0 Å². The molecule has 0 saturated heterocycles. The van der Waals surface area contributed by atoms with Gasteiger partial charge in [-0.3, -0.25) is 15.0 Å². The number of aromatic nitrogens is 8. The Kier molecular flexibility index (Phi) is 6.68. The van der Waals surface area contributed by atoms with Crippen LogP contribution in [0.4, 0.5) is 0 Å². The molecule has 6 heterocycles. The highest BCUT2D eigenvalue weighted by molar-refractivity contribution is 5.70. The lowest BCUT2D eigenvalue weighted by molar-refractivity contribution is 1.04. The average Bonchev–Trinajstić information content (AvgIpc) is 3.09. The molecule has 0 fully saturated rings. The van der Waals surface area contributed by atoms with Crippen molar-refractivity contribution in [3.05, 3.63) is 134 Å². The van der Waals surface area contributed by atoms with Gasteiger partial charge in [0, 0.05) is 30.4 Å². The van der Waals surface area contributed by atoms with Gasteiger partial charge < -0.3 is 0 Å². The van der Waals surface area contributed by atoms with E-state index >= 15 is 0 Å². The molecule has 0 bridgehead atoms. The van der Waals surface area contributed by atoms with Crippen molar-refractivity contribution in [3.8, 4) is 68.3 Å². The van der Waals surface area contributed by atoms with Gasteiger partial charge in [-0.25, -0.2) is 24.9 Å². The van der Waals surface area contributed by atoms with E-state index in [1.54, 1.807) is 24.8 Å². The summed E-state index contributed by atoms with van der Waals surface area (Å²) in [5, 5.41) is 0. The predicted octanol–water partition coefficient (Wildman–Crippen LogP) is 6.85. The zero-order valence-corrected chi connectivity index (χ0v) is 22.3. The standard InChI is InChI=1S/C34H22N8/c1-3-19-36-26(7-1)28-9-5-11-30(38-28)33-40-32(25-15-13-23(14-16-25)24-17-21-35-22-18-24)41-34(42-33)31-12-6-10-29(39-31)27-8-2-4-20-37-27/h1-22H. The number of pyridine rings is 5. The summed E-state index contributed by atoms with van der Waals surface area (Å²) in [6.45, 7) is 0. The molecule has 198 valence electrons. The third-order valence-corrected chi connectivity index (χ3v) is 6.60. The molecule has 7 rings (SSSR count). The molecule has 0 amide bonds. The van der Waals surface area contributed by atoms with Crippen LogP contribution < -0.4 is 0 Å². The van der Waals surface area contributed by atoms with Gasteiger partial charge in [-0.15, -0.1) is 0 Å². The van der Waals surface area contributed by atoms with E-state index in [2.05, 4.69) is 15.0 Å². The first-order chi connectivity index (χ1) is 20.8. The maximum Gasteiger partial charge on any atom is 0.182 e. The van der Waals surface area contributed by atoms with E-state index in [1.807, 2.05) is 109 Å². The number of hydrogen-bond acceptors (Lipinski definition) is 8. The molecular weight excluding hydrogens is 520 g/mol. The van der Waals surface area contributed by atoms with Crippen LogP contribution in [0, 0.1) is 0 Å². The summed E-state index contributed by atoms with van der Waals surface area (Å²) in [6.07, 6.45) is 7.06. The van der Waals surface area contributed by atoms with Crippen molar-refractivity contribution in [1.29, 1.82) is 0 Å². The number of rotatable bonds is 6. The Morgan fingerprint density at radius 3 is 1.26 bits per heavy atom. The van der Waals surface area contributed by atoms with Gasteiger partial charge in [-0.05, 0) is 71.8 Å². The van der Waals surface area contributed by atoms with E-state index in [1.165, 1.54) is 0 Å². The molecule has 0 saturated carbocycles. The molecule has 8 heteroatoms. The average molecular weight is 543 g/mol. The second-order valence-electron chi connectivity index (χ2n) is 9.37. The van der Waals surface area contributed by atoms with Crippen molar-refractivity contribution in [1.82, 2.24) is 39.9 Å². The minimum absolute atomic E-state index is 0.441. The number of hydrogen-bond donors (Lipinski definition) is 0. The first-order valence-corrected chi connectivity index (χ1v) is 13.3. The van der Waals surface area contributed by atoms with E-state index in [0.29, 0.717) is 28.9 Å². The van der Waals surface area contributed by atoms with E-state index in [-0.39, 0.29) is 0 Å². The molecule has 0 N–H and O–H groups in total. The molecule has 0 aliphatic rings. The first kappa shape index (κ1) is 25.0. The van der Waals surface area contributed by atoms with Crippen LogP contribution in [0.15, 0.2) is 134 Å². The van der Waals surface area contributed by atoms with E-state index in [4.69, 9.17) is 24.9 Å². The summed E-state index contributed by atoms with van der Waals surface area (Å²) >= 11 is 0. The summed E-state index contributed by atoms with van der Waals surface area (Å²) in [5.74, 6) is 1.40. The van der Waals surface area contributed by atoms with Gasteiger partial charge >= 0.3 is 0 Å². The van der Waals surface area contributed by atoms with Crippen molar-refractivity contribution >= 4 is 0 Å². The van der Waals surface area contributed by atoms with Gasteiger partial charge in [0.2, 0.25) is 0 Å². The van der Waals surface area contributed by atoms with Crippen molar-refractivity contribution < 1.29 is 0 Å². The third kappa shape index (κ3) is 5.24. The van der Waals surface area contributed by atoms with Crippen molar-refractivity contribution in [2.45, 2.75) is 0 Å². The lowest BCUT2D eigenvalue weighted by Gasteiger charge is -2.10. The predicted molar refractivity (Wildman–Crippen MR) is 161 cm³/mol. The molecule has 0 atom stereocenters. The first-order valence-electron chi connectivity index (χ1n) is 13.3. The number of benzene rings is 1. The SMILES string of the molecule is c1ccc(-c2cccc(-c3nc(-c4ccc(-c5ccncc5)cc4)nc(-c4cccc(-c5ccccn5)n4)n3)n2)nc1. The van der Waals surface area contributed by atoms with Gasteiger partial charge in [-0.1, -0.05) is 48.5 Å². The monoisotopic (exact) mass is 542 g/mol. The Hall–Kier alpha value is -6.02. The van der Waals surface area contributed by atoms with E-state index in [0.717, 1.165) is 39.5 Å². The maximum atomic E-state index is 4.86. The summed E-state index contributed by atoms with van der Waals surface area (Å²) in [7, 11) is 0. The summed E-state index contributed by atoms with van der Waals surface area (Å²) in [5.41, 5.74) is 7.22. The normalized spacial score (nSPS) is 10.9. The lowest BCUT2D eigenvalue weighted by Crippen LogP contribution is -2.03. The smallest absolute Gasteiger partial charge is 0.182 e. The van der Waals surface area contributed by atoms with Crippen LogP contribution in [0.2, 0.25) is 0 Å². The molecule has 0 spiro atoms. The molecule has 0 radical (unpaired) electrons. The minimum Gasteiger partial charge on any atom is -0.265 e. The van der Waals surface area contributed by atoms with Crippen LogP contribution in [0.5, 0.6) is 0 Å². The maximum absolute atomic E-state index is 4.86. The topological polar surface area (TPSA) is 103 Å². The van der Waals surface area contributed by atoms with Gasteiger partial charge in [0.25, 0.3) is 0 Å². The third-order valence-electron chi connectivity index (χ3n) is 6.60. The van der Waals surface area contributed by atoms with Crippen LogP contribution in [0.25, 0.3) is 68.3 Å². The molecule has 0 aliphatic heterocycles. The van der Waals surface area contributed by atoms with Gasteiger partial charge in [-0.2, -0.15) is 0 Å². The fraction of sp³-hybridized carbons (Fsp3) is 0. The molecule has 7 aromatic rings. The Morgan fingerprint density at radius 1 is 0.286 bits per heavy atom. The van der Waals surface area contributed by atoms with Crippen LogP contribution in [0.1, 0.15) is 0 Å². The lowest BCUT2D eigenvalue weighted by atomic mass is 10.0. The molecular formula is C34H22N8. The Morgan fingerprint density at radius 2 is 0.738 bits per heavy atom. The molecule has 42 heavy (non-hydrogen) atoms. The quantitative estimate of drug-likeness (QED) is 0.225. The second-order valence-corrected chi connectivity index (χ2v) is 9.37. The number of nitrogens with zero attached hydrogens (tertiary/aromatic N) is 8. The second kappa shape index (κ2) is 11.2. The van der Waals surface area contributed by atoms with Crippen molar-refractivity contribution in [2.75, 3.05) is 0 Å². The zero-order chi connectivity index (χ0) is 28.1. The molecule has 1 aromatic carbocycles. The fourth-order valence-electron chi connectivity index (χ4n) is 4.52. The van der Waals surface area contributed by atoms with Gasteiger partial charge in [0.15, 0.2) is 17.5 Å². The van der Waals surface area contributed by atoms with Gasteiger partial charge in [0.05, 0.1) is 22.8 Å². The molecule has 8 nitrogen and oxygen atoms in total.